The number of carbonyl (C=O) groups excluding carboxylic acids is 3. The van der Waals surface area contributed by atoms with Crippen molar-refractivity contribution in [3.05, 3.63) is 47.5 Å². The SMILES string of the molecule is C=CCN(C(=O)C(CCSC)NC(=O)OC(C)(C)C)C(C(=O)NC1CCCCC1)c1cc(C)ccc1C. The molecular formula is C29H45N3O4S. The van der Waals surface area contributed by atoms with Gasteiger partial charge in [-0.25, -0.2) is 4.79 Å². The number of carbonyl (C=O) groups is 3. The Labute approximate surface area is 227 Å². The van der Waals surface area contributed by atoms with E-state index in [0.29, 0.717) is 12.2 Å². The number of benzene rings is 1. The van der Waals surface area contributed by atoms with E-state index >= 15 is 0 Å². The Balaban J connectivity index is 2.46. The second-order valence-electron chi connectivity index (χ2n) is 10.9. The topological polar surface area (TPSA) is 87.7 Å². The molecule has 0 aliphatic heterocycles. The third-order valence-electron chi connectivity index (χ3n) is 6.45. The zero-order valence-electron chi connectivity index (χ0n) is 23.4. The van der Waals surface area contributed by atoms with Crippen molar-refractivity contribution in [2.75, 3.05) is 18.6 Å². The van der Waals surface area contributed by atoms with Crippen molar-refractivity contribution >= 4 is 29.7 Å². The van der Waals surface area contributed by atoms with Crippen LogP contribution in [0.1, 0.15) is 82.0 Å². The molecule has 0 spiro atoms. The maximum absolute atomic E-state index is 14.1. The molecule has 2 atom stereocenters. The van der Waals surface area contributed by atoms with E-state index in [9.17, 15) is 14.4 Å². The van der Waals surface area contributed by atoms with E-state index < -0.39 is 23.8 Å². The van der Waals surface area contributed by atoms with Gasteiger partial charge < -0.3 is 20.3 Å². The van der Waals surface area contributed by atoms with Gasteiger partial charge >= 0.3 is 6.09 Å². The molecule has 2 unspecified atom stereocenters. The quantitative estimate of drug-likeness (QED) is 0.371. The van der Waals surface area contributed by atoms with Gasteiger partial charge in [-0.15, -0.1) is 6.58 Å². The van der Waals surface area contributed by atoms with Crippen molar-refractivity contribution in [2.45, 2.75) is 96.9 Å². The minimum Gasteiger partial charge on any atom is -0.444 e. The summed E-state index contributed by atoms with van der Waals surface area (Å²) in [7, 11) is 0. The monoisotopic (exact) mass is 531 g/mol. The average Bonchev–Trinajstić information content (AvgIpc) is 2.82. The molecule has 206 valence electrons. The number of thioether (sulfide) groups is 1. The van der Waals surface area contributed by atoms with Crippen LogP contribution in [-0.2, 0) is 14.3 Å². The zero-order valence-corrected chi connectivity index (χ0v) is 24.2. The van der Waals surface area contributed by atoms with Crippen LogP contribution in [0.2, 0.25) is 0 Å². The fourth-order valence-electron chi connectivity index (χ4n) is 4.64. The molecule has 1 fully saturated rings. The largest absolute Gasteiger partial charge is 0.444 e. The lowest BCUT2D eigenvalue weighted by atomic mass is 9.93. The molecule has 1 aliphatic carbocycles. The summed E-state index contributed by atoms with van der Waals surface area (Å²) in [5.74, 6) is 0.137. The first kappa shape index (κ1) is 30.7. The van der Waals surface area contributed by atoms with Gasteiger partial charge in [-0.2, -0.15) is 11.8 Å². The van der Waals surface area contributed by atoms with Gasteiger partial charge in [-0.1, -0.05) is 49.1 Å². The predicted octanol–water partition coefficient (Wildman–Crippen LogP) is 5.45. The second-order valence-corrected chi connectivity index (χ2v) is 11.9. The number of amides is 3. The number of alkyl carbamates (subject to hydrolysis) is 1. The van der Waals surface area contributed by atoms with Gasteiger partial charge in [0.2, 0.25) is 11.8 Å². The smallest absolute Gasteiger partial charge is 0.408 e. The van der Waals surface area contributed by atoms with E-state index in [1.54, 1.807) is 43.5 Å². The van der Waals surface area contributed by atoms with Crippen molar-refractivity contribution in [3.63, 3.8) is 0 Å². The molecule has 7 nitrogen and oxygen atoms in total. The number of hydrogen-bond acceptors (Lipinski definition) is 5. The van der Waals surface area contributed by atoms with E-state index in [1.165, 1.54) is 6.42 Å². The molecule has 3 amide bonds. The fraction of sp³-hybridized carbons (Fsp3) is 0.621. The first-order chi connectivity index (χ1) is 17.5. The lowest BCUT2D eigenvalue weighted by Gasteiger charge is -2.36. The van der Waals surface area contributed by atoms with Gasteiger partial charge in [0.05, 0.1) is 0 Å². The highest BCUT2D eigenvalue weighted by atomic mass is 32.2. The molecule has 1 aromatic rings. The maximum atomic E-state index is 14.1. The summed E-state index contributed by atoms with van der Waals surface area (Å²) in [6.07, 6.45) is 8.58. The van der Waals surface area contributed by atoms with Gasteiger partial charge in [-0.05, 0) is 77.0 Å². The summed E-state index contributed by atoms with van der Waals surface area (Å²) < 4.78 is 5.44. The van der Waals surface area contributed by atoms with E-state index in [-0.39, 0.29) is 24.4 Å². The van der Waals surface area contributed by atoms with E-state index in [4.69, 9.17) is 4.74 Å². The highest BCUT2D eigenvalue weighted by Gasteiger charge is 2.37. The van der Waals surface area contributed by atoms with Crippen LogP contribution in [0.15, 0.2) is 30.9 Å². The van der Waals surface area contributed by atoms with Crippen LogP contribution in [0.3, 0.4) is 0 Å². The molecule has 2 N–H and O–H groups in total. The molecule has 8 heteroatoms. The van der Waals surface area contributed by atoms with Crippen molar-refractivity contribution in [3.8, 4) is 0 Å². The van der Waals surface area contributed by atoms with Crippen molar-refractivity contribution in [1.29, 1.82) is 0 Å². The van der Waals surface area contributed by atoms with Gasteiger partial charge in [0.1, 0.15) is 17.7 Å². The molecular weight excluding hydrogens is 486 g/mol. The fourth-order valence-corrected chi connectivity index (χ4v) is 5.11. The van der Waals surface area contributed by atoms with Crippen LogP contribution >= 0.6 is 11.8 Å². The Morgan fingerprint density at radius 1 is 1.19 bits per heavy atom. The molecule has 0 bridgehead atoms. The average molecular weight is 532 g/mol. The lowest BCUT2D eigenvalue weighted by molar-refractivity contribution is -0.142. The van der Waals surface area contributed by atoms with Crippen LogP contribution in [0.4, 0.5) is 4.79 Å². The molecule has 1 aromatic carbocycles. The highest BCUT2D eigenvalue weighted by molar-refractivity contribution is 7.98. The van der Waals surface area contributed by atoms with Crippen molar-refractivity contribution in [1.82, 2.24) is 15.5 Å². The summed E-state index contributed by atoms with van der Waals surface area (Å²) >= 11 is 1.59. The Hall–Kier alpha value is -2.48. The molecule has 0 saturated heterocycles. The van der Waals surface area contributed by atoms with Crippen LogP contribution in [-0.4, -0.2) is 59.0 Å². The van der Waals surface area contributed by atoms with Gasteiger partial charge in [0, 0.05) is 12.6 Å². The summed E-state index contributed by atoms with van der Waals surface area (Å²) in [5, 5.41) is 6.00. The minimum absolute atomic E-state index is 0.0988. The van der Waals surface area contributed by atoms with E-state index in [1.807, 2.05) is 38.3 Å². The normalized spacial score (nSPS) is 15.8. The molecule has 0 aromatic heterocycles. The summed E-state index contributed by atoms with van der Waals surface area (Å²) in [4.78, 5) is 42.1. The highest BCUT2D eigenvalue weighted by Crippen LogP contribution is 2.28. The molecule has 1 saturated carbocycles. The standard InChI is InChI=1S/C29H45N3O4S/c1-8-17-32(27(34)24(16-18-37-7)31-28(35)36-29(4,5)6)25(23-19-20(2)14-15-21(23)3)26(33)30-22-12-10-9-11-13-22/h8,14-15,19,22,24-25H,1,9-13,16-18H2,2-7H3,(H,30,33)(H,31,35). The number of aryl methyl sites for hydroxylation is 2. The van der Waals surface area contributed by atoms with Gasteiger partial charge in [-0.3, -0.25) is 9.59 Å². The first-order valence-corrected chi connectivity index (χ1v) is 14.6. The van der Waals surface area contributed by atoms with Crippen LogP contribution in [0.5, 0.6) is 0 Å². The predicted molar refractivity (Wildman–Crippen MR) is 152 cm³/mol. The van der Waals surface area contributed by atoms with Gasteiger partial charge in [0.25, 0.3) is 0 Å². The maximum Gasteiger partial charge on any atom is 0.408 e. The number of rotatable bonds is 11. The molecule has 37 heavy (non-hydrogen) atoms. The number of ether oxygens (including phenoxy) is 1. The number of nitrogens with zero attached hydrogens (tertiary/aromatic N) is 1. The van der Waals surface area contributed by atoms with E-state index in [2.05, 4.69) is 17.2 Å². The Morgan fingerprint density at radius 2 is 1.86 bits per heavy atom. The Bertz CT molecular complexity index is 938. The molecule has 2 rings (SSSR count). The third kappa shape index (κ3) is 9.72. The van der Waals surface area contributed by atoms with Crippen LogP contribution < -0.4 is 10.6 Å². The first-order valence-electron chi connectivity index (χ1n) is 13.2. The zero-order chi connectivity index (χ0) is 27.6. The Kier molecular flexibility index (Phi) is 12.0. The molecule has 1 aliphatic rings. The van der Waals surface area contributed by atoms with E-state index in [0.717, 1.165) is 42.4 Å². The van der Waals surface area contributed by atoms with Crippen molar-refractivity contribution < 1.29 is 19.1 Å². The summed E-state index contributed by atoms with van der Waals surface area (Å²) in [6, 6.07) is 4.37. The summed E-state index contributed by atoms with van der Waals surface area (Å²) in [5.41, 5.74) is 2.02. The summed E-state index contributed by atoms with van der Waals surface area (Å²) in [6.45, 7) is 13.3. The molecule has 0 radical (unpaired) electrons. The number of nitrogens with one attached hydrogen (secondary N) is 2. The van der Waals surface area contributed by atoms with Crippen molar-refractivity contribution in [2.24, 2.45) is 0 Å². The third-order valence-corrected chi connectivity index (χ3v) is 7.09. The minimum atomic E-state index is -0.843. The van der Waals surface area contributed by atoms with Gasteiger partial charge in [0.15, 0.2) is 0 Å². The number of hydrogen-bond donors (Lipinski definition) is 2. The lowest BCUT2D eigenvalue weighted by Crippen LogP contribution is -2.54. The van der Waals surface area contributed by atoms with Crippen LogP contribution in [0.25, 0.3) is 0 Å². The second kappa shape index (κ2) is 14.5. The van der Waals surface area contributed by atoms with Crippen LogP contribution in [0, 0.1) is 13.8 Å². The Morgan fingerprint density at radius 3 is 2.46 bits per heavy atom. The molecule has 0 heterocycles.